The predicted octanol–water partition coefficient (Wildman–Crippen LogP) is 2.97. The standard InChI is InChI=1S/C26H28N4O5S/c1-35-23-14-8-15-28-25(23)29(18-19-9-3-2-4-10-19)26(32)20-11-7-12-21(17-20)36(33,34)30-16-6-5-13-22(30)24(27)31/h2-4,7-12,14-15,17,22H,5-6,13,16,18H2,1H3,(H2,27,31). The fraction of sp³-hybridized carbons (Fsp3) is 0.269. The van der Waals surface area contributed by atoms with Gasteiger partial charge in [0.25, 0.3) is 5.91 Å². The monoisotopic (exact) mass is 508 g/mol. The molecule has 36 heavy (non-hydrogen) atoms. The minimum atomic E-state index is -4.05. The van der Waals surface area contributed by atoms with Crippen LogP contribution in [0.15, 0.2) is 77.8 Å². The van der Waals surface area contributed by atoms with Crippen LogP contribution >= 0.6 is 0 Å². The summed E-state index contributed by atoms with van der Waals surface area (Å²) in [6, 6.07) is 17.7. The number of primary amides is 1. The molecule has 0 aliphatic carbocycles. The van der Waals surface area contributed by atoms with E-state index in [0.29, 0.717) is 24.4 Å². The van der Waals surface area contributed by atoms with Crippen molar-refractivity contribution in [3.8, 4) is 5.75 Å². The van der Waals surface area contributed by atoms with E-state index in [-0.39, 0.29) is 23.5 Å². The molecule has 10 heteroatoms. The number of anilines is 1. The largest absolute Gasteiger partial charge is 0.493 e. The highest BCUT2D eigenvalue weighted by Crippen LogP contribution is 2.30. The Bertz CT molecular complexity index is 1350. The molecule has 4 rings (SSSR count). The van der Waals surface area contributed by atoms with Crippen LogP contribution in [0, 0.1) is 0 Å². The van der Waals surface area contributed by atoms with Crippen LogP contribution < -0.4 is 15.4 Å². The summed E-state index contributed by atoms with van der Waals surface area (Å²) in [5, 5.41) is 0. The fourth-order valence-corrected chi connectivity index (χ4v) is 6.02. The van der Waals surface area contributed by atoms with E-state index in [1.807, 2.05) is 30.3 Å². The van der Waals surface area contributed by atoms with Gasteiger partial charge in [-0.3, -0.25) is 14.5 Å². The number of ether oxygens (including phenoxy) is 1. The zero-order chi connectivity index (χ0) is 25.7. The molecule has 2 N–H and O–H groups in total. The molecule has 1 unspecified atom stereocenters. The number of piperidine rings is 1. The second kappa shape index (κ2) is 10.9. The van der Waals surface area contributed by atoms with E-state index >= 15 is 0 Å². The van der Waals surface area contributed by atoms with Crippen LogP contribution in [0.2, 0.25) is 0 Å². The van der Waals surface area contributed by atoms with E-state index in [4.69, 9.17) is 10.5 Å². The Hall–Kier alpha value is -3.76. The summed E-state index contributed by atoms with van der Waals surface area (Å²) in [5.41, 5.74) is 6.51. The molecule has 1 saturated heterocycles. The van der Waals surface area contributed by atoms with Crippen molar-refractivity contribution in [1.29, 1.82) is 0 Å². The zero-order valence-electron chi connectivity index (χ0n) is 19.9. The minimum Gasteiger partial charge on any atom is -0.493 e. The van der Waals surface area contributed by atoms with Crippen molar-refractivity contribution in [3.05, 3.63) is 84.1 Å². The number of pyridine rings is 1. The van der Waals surface area contributed by atoms with Crippen molar-refractivity contribution in [2.24, 2.45) is 5.73 Å². The highest BCUT2D eigenvalue weighted by Gasteiger charge is 2.37. The number of amides is 2. The average Bonchev–Trinajstić information content (AvgIpc) is 2.92. The summed E-state index contributed by atoms with van der Waals surface area (Å²) in [5.74, 6) is -0.408. The van der Waals surface area contributed by atoms with Crippen LogP contribution in [-0.2, 0) is 21.4 Å². The molecule has 0 radical (unpaired) electrons. The minimum absolute atomic E-state index is 0.0749. The zero-order valence-corrected chi connectivity index (χ0v) is 20.7. The molecule has 3 aromatic rings. The maximum atomic E-state index is 13.8. The van der Waals surface area contributed by atoms with Gasteiger partial charge in [-0.15, -0.1) is 0 Å². The van der Waals surface area contributed by atoms with Gasteiger partial charge >= 0.3 is 0 Å². The van der Waals surface area contributed by atoms with Gasteiger partial charge in [0.2, 0.25) is 15.9 Å². The molecule has 188 valence electrons. The maximum absolute atomic E-state index is 13.8. The van der Waals surface area contributed by atoms with Crippen molar-refractivity contribution in [2.75, 3.05) is 18.6 Å². The highest BCUT2D eigenvalue weighted by molar-refractivity contribution is 7.89. The molecule has 1 aliphatic heterocycles. The Morgan fingerprint density at radius 1 is 1.08 bits per heavy atom. The number of carbonyl (C=O) groups is 2. The van der Waals surface area contributed by atoms with Crippen molar-refractivity contribution >= 4 is 27.7 Å². The van der Waals surface area contributed by atoms with E-state index in [9.17, 15) is 18.0 Å². The molecular formula is C26H28N4O5S. The van der Waals surface area contributed by atoms with Gasteiger partial charge in [-0.05, 0) is 48.7 Å². The molecule has 0 bridgehead atoms. The lowest BCUT2D eigenvalue weighted by atomic mass is 10.0. The summed E-state index contributed by atoms with van der Waals surface area (Å²) in [7, 11) is -2.56. The number of aromatic nitrogens is 1. The van der Waals surface area contributed by atoms with Gasteiger partial charge in [0.15, 0.2) is 11.6 Å². The molecule has 2 amide bonds. The number of hydrogen-bond acceptors (Lipinski definition) is 6. The maximum Gasteiger partial charge on any atom is 0.259 e. The van der Waals surface area contributed by atoms with E-state index in [1.165, 1.54) is 30.2 Å². The van der Waals surface area contributed by atoms with Crippen molar-refractivity contribution in [2.45, 2.75) is 36.7 Å². The van der Waals surface area contributed by atoms with E-state index in [2.05, 4.69) is 4.98 Å². The molecule has 2 aromatic carbocycles. The van der Waals surface area contributed by atoms with E-state index in [0.717, 1.165) is 16.3 Å². The summed E-state index contributed by atoms with van der Waals surface area (Å²) in [6.07, 6.45) is 3.28. The smallest absolute Gasteiger partial charge is 0.259 e. The Kier molecular flexibility index (Phi) is 7.66. The molecule has 1 aromatic heterocycles. The summed E-state index contributed by atoms with van der Waals surface area (Å²) < 4.78 is 33.5. The first-order valence-corrected chi connectivity index (χ1v) is 13.0. The first-order valence-electron chi connectivity index (χ1n) is 11.6. The molecule has 1 atom stereocenters. The number of benzene rings is 2. The van der Waals surface area contributed by atoms with E-state index in [1.54, 1.807) is 24.4 Å². The SMILES string of the molecule is COc1cccnc1N(Cc1ccccc1)C(=O)c1cccc(S(=O)(=O)N2CCCCC2C(N)=O)c1. The van der Waals surface area contributed by atoms with Crippen molar-refractivity contribution < 1.29 is 22.7 Å². The van der Waals surface area contributed by atoms with Crippen LogP contribution in [-0.4, -0.2) is 49.2 Å². The lowest BCUT2D eigenvalue weighted by molar-refractivity contribution is -0.122. The highest BCUT2D eigenvalue weighted by atomic mass is 32.2. The lowest BCUT2D eigenvalue weighted by Crippen LogP contribution is -2.50. The quantitative estimate of drug-likeness (QED) is 0.499. The molecule has 1 fully saturated rings. The number of nitrogens with two attached hydrogens (primary N) is 1. The Labute approximate surface area is 210 Å². The van der Waals surface area contributed by atoms with Crippen LogP contribution in [0.5, 0.6) is 5.75 Å². The van der Waals surface area contributed by atoms with Gasteiger partial charge in [-0.1, -0.05) is 42.8 Å². The van der Waals surface area contributed by atoms with Gasteiger partial charge in [0.05, 0.1) is 18.6 Å². The van der Waals surface area contributed by atoms with Gasteiger partial charge in [0.1, 0.15) is 6.04 Å². The first kappa shape index (κ1) is 25.3. The lowest BCUT2D eigenvalue weighted by Gasteiger charge is -2.32. The van der Waals surface area contributed by atoms with Crippen molar-refractivity contribution in [3.63, 3.8) is 0 Å². The Balaban J connectivity index is 1.73. The van der Waals surface area contributed by atoms with Gasteiger partial charge < -0.3 is 10.5 Å². The second-order valence-corrected chi connectivity index (χ2v) is 10.4. The summed E-state index contributed by atoms with van der Waals surface area (Å²) in [6.45, 7) is 0.388. The number of nitrogens with zero attached hydrogens (tertiary/aromatic N) is 3. The molecule has 1 aliphatic rings. The van der Waals surface area contributed by atoms with E-state index < -0.39 is 27.9 Å². The number of hydrogen-bond donors (Lipinski definition) is 1. The van der Waals surface area contributed by atoms with Crippen LogP contribution in [0.1, 0.15) is 35.2 Å². The van der Waals surface area contributed by atoms with Crippen LogP contribution in [0.3, 0.4) is 0 Å². The average molecular weight is 509 g/mol. The number of sulfonamides is 1. The number of rotatable bonds is 8. The Morgan fingerprint density at radius 2 is 1.86 bits per heavy atom. The third-order valence-corrected chi connectivity index (χ3v) is 8.03. The topological polar surface area (TPSA) is 123 Å². The third kappa shape index (κ3) is 5.24. The number of carbonyl (C=O) groups excluding carboxylic acids is 2. The van der Waals surface area contributed by atoms with Gasteiger partial charge in [-0.2, -0.15) is 4.31 Å². The van der Waals surface area contributed by atoms with Crippen molar-refractivity contribution in [1.82, 2.24) is 9.29 Å². The molecule has 9 nitrogen and oxygen atoms in total. The van der Waals surface area contributed by atoms with Crippen LogP contribution in [0.4, 0.5) is 5.82 Å². The normalized spacial score (nSPS) is 16.3. The fourth-order valence-electron chi connectivity index (χ4n) is 4.31. The summed E-state index contributed by atoms with van der Waals surface area (Å²) >= 11 is 0. The van der Waals surface area contributed by atoms with Crippen LogP contribution in [0.25, 0.3) is 0 Å². The second-order valence-electron chi connectivity index (χ2n) is 8.46. The van der Waals surface area contributed by atoms with Gasteiger partial charge in [-0.25, -0.2) is 13.4 Å². The van der Waals surface area contributed by atoms with Gasteiger partial charge in [0, 0.05) is 18.3 Å². The molecule has 2 heterocycles. The summed E-state index contributed by atoms with van der Waals surface area (Å²) in [4.78, 5) is 31.5. The predicted molar refractivity (Wildman–Crippen MR) is 135 cm³/mol. The number of methoxy groups -OCH3 is 1. The molecule has 0 spiro atoms. The molecular weight excluding hydrogens is 480 g/mol. The molecule has 0 saturated carbocycles. The Morgan fingerprint density at radius 3 is 2.58 bits per heavy atom. The first-order chi connectivity index (χ1) is 17.3. The third-order valence-electron chi connectivity index (χ3n) is 6.12.